The fourth-order valence-electron chi connectivity index (χ4n) is 3.34. The van der Waals surface area contributed by atoms with E-state index >= 15 is 0 Å². The van der Waals surface area contributed by atoms with Gasteiger partial charge >= 0.3 is 5.97 Å². The molecular weight excluding hydrogens is 426 g/mol. The van der Waals surface area contributed by atoms with E-state index in [2.05, 4.69) is 29.0 Å². The molecule has 0 amide bonds. The minimum Gasteiger partial charge on any atom is -0.460 e. The molecule has 0 aliphatic heterocycles. The summed E-state index contributed by atoms with van der Waals surface area (Å²) in [5.74, 6) is 1.14. The second-order valence-electron chi connectivity index (χ2n) is 9.41. The van der Waals surface area contributed by atoms with Crippen LogP contribution < -0.4 is 0 Å². The van der Waals surface area contributed by atoms with Gasteiger partial charge in [-0.3, -0.25) is 9.78 Å². The fourth-order valence-corrected chi connectivity index (χ4v) is 3.58. The first-order chi connectivity index (χ1) is 15.0. The van der Waals surface area contributed by atoms with Crippen molar-refractivity contribution in [3.63, 3.8) is 0 Å². The monoisotopic (exact) mass is 455 g/mol. The van der Waals surface area contributed by atoms with Crippen LogP contribution in [0.4, 0.5) is 0 Å². The van der Waals surface area contributed by atoms with E-state index in [4.69, 9.17) is 20.9 Å². The van der Waals surface area contributed by atoms with E-state index in [1.165, 1.54) is 0 Å². The summed E-state index contributed by atoms with van der Waals surface area (Å²) in [7, 11) is 0. The Bertz CT molecular complexity index is 1100. The molecule has 3 rings (SSSR count). The molecule has 6 nitrogen and oxygen atoms in total. The largest absolute Gasteiger partial charge is 0.460 e. The maximum atomic E-state index is 12.0. The van der Waals surface area contributed by atoms with Gasteiger partial charge in [0.1, 0.15) is 5.60 Å². The van der Waals surface area contributed by atoms with Crippen molar-refractivity contribution >= 4 is 17.6 Å². The normalized spacial score (nSPS) is 11.8. The van der Waals surface area contributed by atoms with E-state index in [1.54, 1.807) is 6.20 Å². The van der Waals surface area contributed by atoms with Crippen molar-refractivity contribution in [2.45, 2.75) is 66.4 Å². The number of benzene rings is 1. The Morgan fingerprint density at radius 2 is 1.97 bits per heavy atom. The third-order valence-electron chi connectivity index (χ3n) is 4.76. The summed E-state index contributed by atoms with van der Waals surface area (Å²) in [6.45, 7) is 11.8. The molecule has 0 spiro atoms. The third-order valence-corrected chi connectivity index (χ3v) is 5.09. The minimum absolute atomic E-state index is 0.200. The number of carbonyl (C=O) groups excluding carboxylic acids is 1. The molecule has 170 valence electrons. The zero-order valence-electron chi connectivity index (χ0n) is 19.5. The number of nitrogens with zero attached hydrogens (tertiary/aromatic N) is 3. The molecule has 2 heterocycles. The van der Waals surface area contributed by atoms with Crippen molar-refractivity contribution in [1.29, 1.82) is 0 Å². The van der Waals surface area contributed by atoms with Crippen LogP contribution in [0.15, 0.2) is 35.0 Å². The zero-order chi connectivity index (χ0) is 23.5. The van der Waals surface area contributed by atoms with Gasteiger partial charge in [0.25, 0.3) is 5.89 Å². The number of halogens is 1. The van der Waals surface area contributed by atoms with E-state index in [0.717, 1.165) is 28.8 Å². The summed E-state index contributed by atoms with van der Waals surface area (Å²) >= 11 is 6.39. The first kappa shape index (κ1) is 23.9. The molecule has 0 aliphatic rings. The second kappa shape index (κ2) is 9.82. The van der Waals surface area contributed by atoms with Crippen molar-refractivity contribution in [2.24, 2.45) is 5.92 Å². The lowest BCUT2D eigenvalue weighted by atomic mass is 10.0. The fraction of sp³-hybridized carbons (Fsp3) is 0.440. The molecule has 0 fully saturated rings. The number of hydrogen-bond acceptors (Lipinski definition) is 6. The lowest BCUT2D eigenvalue weighted by Gasteiger charge is -2.19. The molecule has 7 heteroatoms. The summed E-state index contributed by atoms with van der Waals surface area (Å²) in [5, 5.41) is 4.74. The van der Waals surface area contributed by atoms with Gasteiger partial charge in [0.2, 0.25) is 5.82 Å². The Morgan fingerprint density at radius 3 is 2.59 bits per heavy atom. The van der Waals surface area contributed by atoms with Gasteiger partial charge in [0.15, 0.2) is 0 Å². The van der Waals surface area contributed by atoms with Crippen LogP contribution in [0.3, 0.4) is 0 Å². The summed E-state index contributed by atoms with van der Waals surface area (Å²) in [6.07, 6.45) is 3.48. The molecule has 0 unspecified atom stereocenters. The predicted molar refractivity (Wildman–Crippen MR) is 125 cm³/mol. The van der Waals surface area contributed by atoms with Crippen LogP contribution in [-0.2, 0) is 22.4 Å². The second-order valence-corrected chi connectivity index (χ2v) is 9.82. The highest BCUT2D eigenvalue weighted by molar-refractivity contribution is 6.31. The summed E-state index contributed by atoms with van der Waals surface area (Å²) in [5.41, 5.74) is 4.01. The van der Waals surface area contributed by atoms with Crippen molar-refractivity contribution in [2.75, 3.05) is 0 Å². The molecule has 0 radical (unpaired) electrons. The number of aryl methyl sites for hydroxylation is 2. The van der Waals surface area contributed by atoms with Gasteiger partial charge in [0, 0.05) is 18.2 Å². The maximum Gasteiger partial charge on any atom is 0.306 e. The van der Waals surface area contributed by atoms with Gasteiger partial charge in [-0.05, 0) is 63.6 Å². The molecular formula is C25H30ClN3O3. The zero-order valence-corrected chi connectivity index (χ0v) is 20.3. The van der Waals surface area contributed by atoms with Gasteiger partial charge in [0.05, 0.1) is 16.3 Å². The maximum absolute atomic E-state index is 12.0. The van der Waals surface area contributed by atoms with Crippen LogP contribution in [0.25, 0.3) is 22.8 Å². The molecule has 0 bridgehead atoms. The first-order valence-corrected chi connectivity index (χ1v) is 11.2. The summed E-state index contributed by atoms with van der Waals surface area (Å²) < 4.78 is 10.8. The third kappa shape index (κ3) is 6.39. The van der Waals surface area contributed by atoms with E-state index in [9.17, 15) is 4.79 Å². The van der Waals surface area contributed by atoms with Gasteiger partial charge < -0.3 is 9.26 Å². The molecule has 3 aromatic rings. The predicted octanol–water partition coefficient (Wildman–Crippen LogP) is 6.23. The molecule has 1 aromatic carbocycles. The highest BCUT2D eigenvalue weighted by atomic mass is 35.5. The number of aromatic nitrogens is 3. The minimum atomic E-state index is -0.471. The first-order valence-electron chi connectivity index (χ1n) is 10.8. The Kier molecular flexibility index (Phi) is 7.34. The highest BCUT2D eigenvalue weighted by Crippen LogP contribution is 2.28. The van der Waals surface area contributed by atoms with Crippen LogP contribution in [-0.4, -0.2) is 26.7 Å². The standard InChI is InChI=1S/C25H30ClN3O3/c1-15(2)11-21-20(26)13-18(14-27-21)24-28-23(29-32-24)19-9-7-17(12-16(19)3)8-10-22(30)31-25(4,5)6/h7,9,12-15H,8,10-11H2,1-6H3. The molecule has 2 aromatic heterocycles. The number of hydrogen-bond donors (Lipinski definition) is 0. The average Bonchev–Trinajstić information content (AvgIpc) is 3.16. The molecule has 0 atom stereocenters. The summed E-state index contributed by atoms with van der Waals surface area (Å²) in [6, 6.07) is 7.78. The number of pyridine rings is 1. The molecule has 0 aliphatic carbocycles. The van der Waals surface area contributed by atoms with Crippen LogP contribution in [0.5, 0.6) is 0 Å². The lowest BCUT2D eigenvalue weighted by molar-refractivity contribution is -0.154. The Morgan fingerprint density at radius 1 is 1.22 bits per heavy atom. The van der Waals surface area contributed by atoms with Crippen molar-refractivity contribution < 1.29 is 14.1 Å². The smallest absolute Gasteiger partial charge is 0.306 e. The molecule has 0 N–H and O–H groups in total. The van der Waals surface area contributed by atoms with Crippen molar-refractivity contribution in [1.82, 2.24) is 15.1 Å². The SMILES string of the molecule is Cc1cc(CCC(=O)OC(C)(C)C)ccc1-c1noc(-c2cnc(CC(C)C)c(Cl)c2)n1. The van der Waals surface area contributed by atoms with E-state index in [0.29, 0.717) is 41.1 Å². The molecule has 32 heavy (non-hydrogen) atoms. The van der Waals surface area contributed by atoms with Gasteiger partial charge in [-0.1, -0.05) is 48.8 Å². The number of rotatable bonds is 7. The number of ether oxygens (including phenoxy) is 1. The summed E-state index contributed by atoms with van der Waals surface area (Å²) in [4.78, 5) is 21.0. The van der Waals surface area contributed by atoms with E-state index in [1.807, 2.05) is 52.0 Å². The topological polar surface area (TPSA) is 78.1 Å². The van der Waals surface area contributed by atoms with Crippen molar-refractivity contribution in [3.05, 3.63) is 52.3 Å². The highest BCUT2D eigenvalue weighted by Gasteiger charge is 2.17. The Balaban J connectivity index is 1.72. The Hall–Kier alpha value is -2.73. The number of carbonyl (C=O) groups is 1. The van der Waals surface area contributed by atoms with Gasteiger partial charge in [-0.2, -0.15) is 4.98 Å². The van der Waals surface area contributed by atoms with Crippen molar-refractivity contribution in [3.8, 4) is 22.8 Å². The van der Waals surface area contributed by atoms with Gasteiger partial charge in [-0.15, -0.1) is 0 Å². The quantitative estimate of drug-likeness (QED) is 0.393. The van der Waals surface area contributed by atoms with Crippen LogP contribution in [0.2, 0.25) is 5.02 Å². The van der Waals surface area contributed by atoms with Crippen LogP contribution in [0, 0.1) is 12.8 Å². The lowest BCUT2D eigenvalue weighted by Crippen LogP contribution is -2.24. The Labute approximate surface area is 194 Å². The van der Waals surface area contributed by atoms with E-state index < -0.39 is 5.60 Å². The van der Waals surface area contributed by atoms with Crippen LogP contribution >= 0.6 is 11.6 Å². The van der Waals surface area contributed by atoms with Gasteiger partial charge in [-0.25, -0.2) is 0 Å². The van der Waals surface area contributed by atoms with E-state index in [-0.39, 0.29) is 5.97 Å². The average molecular weight is 456 g/mol. The molecule has 0 saturated heterocycles. The van der Waals surface area contributed by atoms with Crippen LogP contribution in [0.1, 0.15) is 57.9 Å². The molecule has 0 saturated carbocycles. The number of esters is 1.